The third-order valence-electron chi connectivity index (χ3n) is 1.38. The van der Waals surface area contributed by atoms with Gasteiger partial charge in [0.1, 0.15) is 0 Å². The quantitative estimate of drug-likeness (QED) is 0.463. The Kier molecular flexibility index (Phi) is 11.5. The molecule has 0 saturated carbocycles. The molecule has 98 valence electrons. The molecule has 0 aliphatic heterocycles. The van der Waals surface area contributed by atoms with E-state index in [0.717, 1.165) is 5.75 Å². The van der Waals surface area contributed by atoms with Gasteiger partial charge in [0.25, 0.3) is 0 Å². The predicted molar refractivity (Wildman–Crippen MR) is 59.1 cm³/mol. The average Bonchev–Trinajstić information content (AvgIpc) is 2.23. The maximum Gasteiger partial charge on any atom is 0.362 e. The molecule has 0 rings (SSSR count). The summed E-state index contributed by atoms with van der Waals surface area (Å²) in [6.45, 7) is 0. The van der Waals surface area contributed by atoms with E-state index in [0.29, 0.717) is 18.6 Å². The highest BCUT2D eigenvalue weighted by atomic mass is 32.2. The summed E-state index contributed by atoms with van der Waals surface area (Å²) in [6.07, 6.45) is 3.56. The summed E-state index contributed by atoms with van der Waals surface area (Å²) in [6, 6.07) is -0.433. The fourth-order valence-electron chi connectivity index (χ4n) is 0.523. The van der Waals surface area contributed by atoms with Crippen LogP contribution in [0.2, 0.25) is 0 Å². The van der Waals surface area contributed by atoms with Crippen LogP contribution < -0.4 is 10.8 Å². The third-order valence-corrected chi connectivity index (χ3v) is 2.03. The molecule has 0 radical (unpaired) electrons. The Labute approximate surface area is 102 Å². The van der Waals surface area contributed by atoms with Crippen molar-refractivity contribution >= 4 is 29.7 Å². The molecule has 0 unspecified atom stereocenters. The Morgan fingerprint density at radius 1 is 1.35 bits per heavy atom. The summed E-state index contributed by atoms with van der Waals surface area (Å²) < 4.78 is 0. The van der Waals surface area contributed by atoms with E-state index in [1.54, 1.807) is 11.8 Å². The molecule has 1 atom stereocenters. The molecule has 0 spiro atoms. The summed E-state index contributed by atoms with van der Waals surface area (Å²) in [5.41, 5.74) is 3.46. The first-order valence-corrected chi connectivity index (χ1v) is 5.87. The maximum absolute atomic E-state index is 10.1. The molecular formula is C9H15NO6S. The van der Waals surface area contributed by atoms with E-state index in [4.69, 9.17) is 10.2 Å². The second-order valence-corrected chi connectivity index (χ2v) is 3.79. The molecule has 7 nitrogen and oxygen atoms in total. The zero-order valence-corrected chi connectivity index (χ0v) is 10.1. The van der Waals surface area contributed by atoms with Crippen molar-refractivity contribution in [3.8, 4) is 0 Å². The first-order chi connectivity index (χ1) is 7.81. The number of carboxylic acid groups (broad SMARTS) is 3. The van der Waals surface area contributed by atoms with Gasteiger partial charge in [0.05, 0.1) is 5.97 Å². The Hall–Kier alpha value is -1.54. The van der Waals surface area contributed by atoms with Gasteiger partial charge in [-0.1, -0.05) is 0 Å². The van der Waals surface area contributed by atoms with Crippen molar-refractivity contribution in [2.45, 2.75) is 12.5 Å². The van der Waals surface area contributed by atoms with Gasteiger partial charge in [-0.3, -0.25) is 0 Å². The highest BCUT2D eigenvalue weighted by Crippen LogP contribution is 1.96. The smallest absolute Gasteiger partial charge is 0.362 e. The van der Waals surface area contributed by atoms with Crippen LogP contribution in [0.3, 0.4) is 0 Å². The summed E-state index contributed by atoms with van der Waals surface area (Å²) in [4.78, 5) is 29.1. The van der Waals surface area contributed by atoms with E-state index >= 15 is 0 Å². The van der Waals surface area contributed by atoms with Crippen LogP contribution in [0.25, 0.3) is 0 Å². The van der Waals surface area contributed by atoms with Crippen LogP contribution in [0.1, 0.15) is 6.42 Å². The van der Waals surface area contributed by atoms with Crippen LogP contribution in [0.5, 0.6) is 0 Å². The van der Waals surface area contributed by atoms with Gasteiger partial charge < -0.3 is 25.8 Å². The number of carbonyl (C=O) groups excluding carboxylic acids is 1. The molecule has 0 amide bonds. The second kappa shape index (κ2) is 11.0. The van der Waals surface area contributed by atoms with Crippen molar-refractivity contribution in [2.75, 3.05) is 12.0 Å². The first kappa shape index (κ1) is 17.8. The zero-order valence-electron chi connectivity index (χ0n) is 9.29. The third kappa shape index (κ3) is 17.1. The summed E-state index contributed by atoms with van der Waals surface area (Å²) in [5, 5.41) is 25.6. The molecule has 0 fully saturated rings. The molecule has 0 saturated heterocycles. The number of carbonyl (C=O) groups is 3. The van der Waals surface area contributed by atoms with E-state index in [1.807, 2.05) is 6.26 Å². The largest absolute Gasteiger partial charge is 0.545 e. The second-order valence-electron chi connectivity index (χ2n) is 2.81. The van der Waals surface area contributed by atoms with Crippen LogP contribution in [0.15, 0.2) is 12.2 Å². The van der Waals surface area contributed by atoms with Gasteiger partial charge >= 0.3 is 11.9 Å². The molecule has 0 aromatic carbocycles. The lowest BCUT2D eigenvalue weighted by atomic mass is 10.2. The zero-order chi connectivity index (χ0) is 13.8. The minimum Gasteiger partial charge on any atom is -0.545 e. The van der Waals surface area contributed by atoms with Gasteiger partial charge in [-0.25, -0.2) is 9.59 Å². The molecule has 0 aromatic heterocycles. The lowest BCUT2D eigenvalue weighted by molar-refractivity contribution is -0.407. The fourth-order valence-corrected chi connectivity index (χ4v) is 1.04. The summed E-state index contributed by atoms with van der Waals surface area (Å²) in [5.74, 6) is -2.73. The fraction of sp³-hybridized carbons (Fsp3) is 0.444. The van der Waals surface area contributed by atoms with Crippen molar-refractivity contribution in [1.29, 1.82) is 0 Å². The number of aliphatic carboxylic acids is 3. The van der Waals surface area contributed by atoms with Crippen molar-refractivity contribution in [3.05, 3.63) is 12.2 Å². The lowest BCUT2D eigenvalue weighted by Crippen LogP contribution is -2.65. The van der Waals surface area contributed by atoms with Crippen molar-refractivity contribution in [1.82, 2.24) is 0 Å². The minimum atomic E-state index is -1.51. The topological polar surface area (TPSA) is 142 Å². The molecule has 8 heteroatoms. The van der Waals surface area contributed by atoms with Gasteiger partial charge in [-0.05, 0) is 18.1 Å². The van der Waals surface area contributed by atoms with Crippen molar-refractivity contribution < 1.29 is 35.4 Å². The van der Waals surface area contributed by atoms with Gasteiger partial charge in [0.2, 0.25) is 0 Å². The molecule has 0 bridgehead atoms. The van der Waals surface area contributed by atoms with Gasteiger partial charge in [-0.2, -0.15) is 11.8 Å². The molecule has 5 N–H and O–H groups in total. The molecule has 0 heterocycles. The Morgan fingerprint density at radius 2 is 1.88 bits per heavy atom. The Bertz CT molecular complexity index is 275. The molecule has 17 heavy (non-hydrogen) atoms. The number of quaternary nitrogens is 1. The Morgan fingerprint density at radius 3 is 2.12 bits per heavy atom. The number of hydrogen-bond donors (Lipinski definition) is 3. The molecule has 0 aromatic rings. The van der Waals surface area contributed by atoms with Crippen LogP contribution >= 0.6 is 11.8 Å². The van der Waals surface area contributed by atoms with E-state index in [1.165, 1.54) is 0 Å². The normalized spacial score (nSPS) is 11.4. The predicted octanol–water partition coefficient (Wildman–Crippen LogP) is -2.19. The van der Waals surface area contributed by atoms with E-state index < -0.39 is 23.9 Å². The van der Waals surface area contributed by atoms with Crippen LogP contribution in [0, 0.1) is 0 Å². The van der Waals surface area contributed by atoms with Gasteiger partial charge in [-0.15, -0.1) is 0 Å². The highest BCUT2D eigenvalue weighted by Gasteiger charge is 2.13. The molecular weight excluding hydrogens is 250 g/mol. The average molecular weight is 265 g/mol. The molecule has 0 aliphatic rings. The van der Waals surface area contributed by atoms with Gasteiger partial charge in [0, 0.05) is 12.5 Å². The number of rotatable bonds is 6. The number of hydrogen-bond acceptors (Lipinski definition) is 5. The number of carboxylic acids is 3. The van der Waals surface area contributed by atoms with Crippen LogP contribution in [-0.2, 0) is 14.4 Å². The first-order valence-electron chi connectivity index (χ1n) is 4.48. The monoisotopic (exact) mass is 265 g/mol. The summed E-state index contributed by atoms with van der Waals surface area (Å²) >= 11 is 1.64. The maximum atomic E-state index is 10.1. The lowest BCUT2D eigenvalue weighted by Gasteiger charge is -1.98. The van der Waals surface area contributed by atoms with Crippen molar-refractivity contribution in [3.63, 3.8) is 0 Å². The van der Waals surface area contributed by atoms with Crippen molar-refractivity contribution in [2.24, 2.45) is 0 Å². The number of thioether (sulfide) groups is 1. The van der Waals surface area contributed by atoms with E-state index in [9.17, 15) is 19.5 Å². The minimum absolute atomic E-state index is 0.433. The highest BCUT2D eigenvalue weighted by molar-refractivity contribution is 7.98. The van der Waals surface area contributed by atoms with E-state index in [2.05, 4.69) is 5.73 Å². The summed E-state index contributed by atoms with van der Waals surface area (Å²) in [7, 11) is 0. The Balaban J connectivity index is 0. The van der Waals surface area contributed by atoms with Crippen LogP contribution in [0.4, 0.5) is 0 Å². The van der Waals surface area contributed by atoms with Gasteiger partial charge in [0.15, 0.2) is 6.04 Å². The molecule has 0 aliphatic carbocycles. The van der Waals surface area contributed by atoms with E-state index in [-0.39, 0.29) is 0 Å². The SMILES string of the molecule is CSCC[C@H]([NH3+])C(=O)O.O=C([O-])/C=C\C(=O)O. The standard InChI is InChI=1S/C5H11NO2S.C4H4O4/c1-9-3-2-4(6)5(7)8;5-3(6)1-2-4(7)8/h4H,2-3,6H2,1H3,(H,7,8);1-2H,(H,5,6)(H,7,8)/b;2-1-/t4-;/m0./s1. The van der Waals surface area contributed by atoms with Crippen LogP contribution in [-0.4, -0.2) is 46.2 Å².